The third-order valence-electron chi connectivity index (χ3n) is 19.6. The Morgan fingerprint density at radius 3 is 1.27 bits per heavy atom. The van der Waals surface area contributed by atoms with Crippen molar-refractivity contribution < 1.29 is 9.31 Å². The Labute approximate surface area is 519 Å². The Hall–Kier alpha value is -8.82. The van der Waals surface area contributed by atoms with Crippen molar-refractivity contribution in [2.75, 3.05) is 0 Å². The molecule has 1 unspecified atom stereocenters. The minimum Gasteiger partial charge on any atom is -0.402 e. The average molecular weight is 1150 g/mol. The quantitative estimate of drug-likeness (QED) is 0.0784. The SMILES string of the molecule is CCCCC1(CCCC)c2ccccc2-c2ccc(-c3cnc(-c4ccc(-c5ccccc5-c5cc(B6OC(C)C(C)(C)O6)cc(-c6ccccc6-c6ccc(-c7cc(C)c(-c8ccc9c(c8)C(N)(N)c8ccccc8-9)cn7)cc6)c5)cc4)cc3C)cc21. The van der Waals surface area contributed by atoms with Crippen LogP contribution in [0.3, 0.4) is 0 Å². The maximum Gasteiger partial charge on any atom is 0.494 e. The summed E-state index contributed by atoms with van der Waals surface area (Å²) < 4.78 is 13.3. The van der Waals surface area contributed by atoms with Crippen LogP contribution in [0.25, 0.3) is 112 Å². The van der Waals surface area contributed by atoms with Gasteiger partial charge in [0.2, 0.25) is 0 Å². The number of aryl methyl sites for hydroxylation is 2. The standard InChI is InChI=1S/C81H75BN4O2/c1-8-10-40-80(41-11-9-2)73-26-18-16-24-67(73)69-38-36-58(47-75(69)80)71-49-85-77(42-51(71)3)56-32-28-54(29-33-56)63-20-12-14-22-65(63)60-44-61(46-62(45-60)82-87-53(5)79(6,7)88-82)66-23-15-13-21-64(66)55-30-34-57(35-31-55)78-43-52(4)72(50-86-78)59-37-39-70-68-25-17-19-27-74(68)81(83,84)76(70)48-59/h12-39,42-50,53H,8-11,40-41,83-84H2,1-7H3. The van der Waals surface area contributed by atoms with Crippen molar-refractivity contribution >= 4 is 12.6 Å². The molecule has 3 heterocycles. The number of nitrogens with zero attached hydrogens (tertiary/aromatic N) is 2. The van der Waals surface area contributed by atoms with E-state index in [9.17, 15) is 0 Å². The first-order chi connectivity index (χ1) is 42.7. The molecule has 4 N–H and O–H groups in total. The number of pyridine rings is 2. The van der Waals surface area contributed by atoms with E-state index in [-0.39, 0.29) is 11.5 Å². The highest BCUT2D eigenvalue weighted by molar-refractivity contribution is 6.62. The minimum absolute atomic E-state index is 0.0384. The minimum atomic E-state index is -1.06. The van der Waals surface area contributed by atoms with E-state index in [1.165, 1.54) is 77.5 Å². The molecule has 0 bridgehead atoms. The fourth-order valence-corrected chi connectivity index (χ4v) is 14.4. The summed E-state index contributed by atoms with van der Waals surface area (Å²) in [4.78, 5) is 10.2. The second-order valence-electron chi connectivity index (χ2n) is 25.5. The van der Waals surface area contributed by atoms with Gasteiger partial charge in [-0.05, 0) is 195 Å². The molecule has 3 aliphatic rings. The van der Waals surface area contributed by atoms with Crippen molar-refractivity contribution in [1.82, 2.24) is 9.97 Å². The maximum absolute atomic E-state index is 6.80. The average Bonchev–Trinajstić information content (AvgIpc) is 1.89. The third-order valence-corrected chi connectivity index (χ3v) is 19.6. The second kappa shape index (κ2) is 22.7. The zero-order valence-electron chi connectivity index (χ0n) is 51.6. The topological polar surface area (TPSA) is 96.3 Å². The number of hydrogen-bond donors (Lipinski definition) is 2. The van der Waals surface area contributed by atoms with E-state index in [1.807, 2.05) is 24.4 Å². The van der Waals surface area contributed by atoms with Gasteiger partial charge in [-0.2, -0.15) is 0 Å². The number of aromatic nitrogens is 2. The van der Waals surface area contributed by atoms with Crippen LogP contribution in [-0.2, 0) is 20.4 Å². The number of benzene rings is 9. The van der Waals surface area contributed by atoms with Gasteiger partial charge in [0.05, 0.1) is 23.1 Å². The molecule has 6 nitrogen and oxygen atoms in total. The lowest BCUT2D eigenvalue weighted by Crippen LogP contribution is -2.45. The fourth-order valence-electron chi connectivity index (χ4n) is 14.4. The van der Waals surface area contributed by atoms with Gasteiger partial charge in [-0.15, -0.1) is 0 Å². The van der Waals surface area contributed by atoms with Gasteiger partial charge in [0.15, 0.2) is 0 Å². The largest absolute Gasteiger partial charge is 0.494 e. The van der Waals surface area contributed by atoms with Crippen LogP contribution in [0, 0.1) is 13.8 Å². The Morgan fingerprint density at radius 2 is 0.807 bits per heavy atom. The molecule has 0 radical (unpaired) electrons. The number of rotatable bonds is 15. The molecule has 0 saturated carbocycles. The van der Waals surface area contributed by atoms with E-state index in [4.69, 9.17) is 30.7 Å². The summed E-state index contributed by atoms with van der Waals surface area (Å²) in [5.41, 5.74) is 42.7. The van der Waals surface area contributed by atoms with Gasteiger partial charge in [-0.1, -0.05) is 222 Å². The number of nitrogens with two attached hydrogens (primary N) is 2. The van der Waals surface area contributed by atoms with Gasteiger partial charge < -0.3 is 20.8 Å². The molecule has 434 valence electrons. The Bertz CT molecular complexity index is 4480. The highest BCUT2D eigenvalue weighted by atomic mass is 16.7. The molecule has 1 fully saturated rings. The summed E-state index contributed by atoms with van der Waals surface area (Å²) in [6, 6.07) is 77.3. The molecular weight excluding hydrogens is 1070 g/mol. The molecule has 1 atom stereocenters. The molecule has 0 amide bonds. The normalized spacial score (nSPS) is 15.6. The molecule has 0 spiro atoms. The summed E-state index contributed by atoms with van der Waals surface area (Å²) in [5, 5.41) is 0. The highest BCUT2D eigenvalue weighted by Crippen LogP contribution is 2.55. The summed E-state index contributed by atoms with van der Waals surface area (Å²) in [5.74, 6) is 0. The highest BCUT2D eigenvalue weighted by Gasteiger charge is 2.45. The van der Waals surface area contributed by atoms with Crippen molar-refractivity contribution in [1.29, 1.82) is 0 Å². The van der Waals surface area contributed by atoms with Gasteiger partial charge >= 0.3 is 7.12 Å². The summed E-state index contributed by atoms with van der Waals surface area (Å²) in [6.07, 6.45) is 11.1. The summed E-state index contributed by atoms with van der Waals surface area (Å²) >= 11 is 0. The number of fused-ring (bicyclic) bond motifs is 6. The zero-order chi connectivity index (χ0) is 60.5. The van der Waals surface area contributed by atoms with Gasteiger partial charge in [-0.25, -0.2) is 0 Å². The van der Waals surface area contributed by atoms with Crippen molar-refractivity contribution in [3.05, 3.63) is 258 Å². The lowest BCUT2D eigenvalue weighted by atomic mass is 9.70. The molecule has 2 aromatic heterocycles. The smallest absolute Gasteiger partial charge is 0.402 e. The summed E-state index contributed by atoms with van der Waals surface area (Å²) in [6.45, 7) is 15.3. The van der Waals surface area contributed by atoms with Crippen molar-refractivity contribution in [2.24, 2.45) is 11.5 Å². The van der Waals surface area contributed by atoms with E-state index < -0.39 is 18.4 Å². The van der Waals surface area contributed by atoms with Gasteiger partial charge in [0, 0.05) is 40.1 Å². The molecule has 9 aromatic carbocycles. The zero-order valence-corrected chi connectivity index (χ0v) is 51.6. The summed E-state index contributed by atoms with van der Waals surface area (Å²) in [7, 11) is -0.536. The molecule has 1 aliphatic heterocycles. The van der Waals surface area contributed by atoms with E-state index >= 15 is 0 Å². The van der Waals surface area contributed by atoms with E-state index in [0.717, 1.165) is 111 Å². The first kappa shape index (κ1) is 57.0. The molecule has 11 aromatic rings. The predicted octanol–water partition coefficient (Wildman–Crippen LogP) is 19.1. The van der Waals surface area contributed by atoms with Crippen LogP contribution in [0.2, 0.25) is 0 Å². The molecule has 2 aliphatic carbocycles. The first-order valence-electron chi connectivity index (χ1n) is 31.6. The molecule has 14 rings (SSSR count). The lowest BCUT2D eigenvalue weighted by Gasteiger charge is -2.33. The second-order valence-corrected chi connectivity index (χ2v) is 25.5. The molecular formula is C81H75BN4O2. The molecule has 7 heteroatoms. The molecule has 1 saturated heterocycles. The van der Waals surface area contributed by atoms with E-state index in [2.05, 4.69) is 249 Å². The Morgan fingerprint density at radius 1 is 0.409 bits per heavy atom. The van der Waals surface area contributed by atoms with E-state index in [0.29, 0.717) is 0 Å². The van der Waals surface area contributed by atoms with Crippen LogP contribution in [0.15, 0.2) is 225 Å². The van der Waals surface area contributed by atoms with Crippen LogP contribution >= 0.6 is 0 Å². The van der Waals surface area contributed by atoms with Crippen LogP contribution in [0.1, 0.15) is 107 Å². The fraction of sp³-hybridized carbons (Fsp3) is 0.210. The van der Waals surface area contributed by atoms with Crippen molar-refractivity contribution in [3.63, 3.8) is 0 Å². The van der Waals surface area contributed by atoms with Crippen LogP contribution in [0.5, 0.6) is 0 Å². The van der Waals surface area contributed by atoms with Crippen LogP contribution in [0.4, 0.5) is 0 Å². The van der Waals surface area contributed by atoms with Gasteiger partial charge in [0.1, 0.15) is 5.66 Å². The Balaban J connectivity index is 0.755. The van der Waals surface area contributed by atoms with Crippen LogP contribution in [-0.4, -0.2) is 28.8 Å². The van der Waals surface area contributed by atoms with E-state index in [1.54, 1.807) is 0 Å². The lowest BCUT2D eigenvalue weighted by molar-refractivity contribution is 0.0842. The van der Waals surface area contributed by atoms with Gasteiger partial charge in [-0.3, -0.25) is 9.97 Å². The monoisotopic (exact) mass is 1150 g/mol. The first-order valence-corrected chi connectivity index (χ1v) is 31.6. The number of hydrogen-bond acceptors (Lipinski definition) is 6. The van der Waals surface area contributed by atoms with Gasteiger partial charge in [0.25, 0.3) is 0 Å². The number of unbranched alkanes of at least 4 members (excludes halogenated alkanes) is 2. The van der Waals surface area contributed by atoms with Crippen molar-refractivity contribution in [2.45, 2.75) is 110 Å². The maximum atomic E-state index is 6.80. The predicted molar refractivity (Wildman–Crippen MR) is 366 cm³/mol. The van der Waals surface area contributed by atoms with Crippen molar-refractivity contribution in [3.8, 4) is 112 Å². The van der Waals surface area contributed by atoms with Crippen LogP contribution < -0.4 is 16.9 Å². The third kappa shape index (κ3) is 9.95. The molecule has 88 heavy (non-hydrogen) atoms. The Kier molecular flexibility index (Phi) is 14.7.